The molecule has 0 saturated heterocycles. The van der Waals surface area contributed by atoms with Crippen LogP contribution in [0.1, 0.15) is 88.7 Å². The summed E-state index contributed by atoms with van der Waals surface area (Å²) in [6, 6.07) is 1.59. The van der Waals surface area contributed by atoms with E-state index < -0.39 is 28.7 Å². The molecule has 1 aliphatic carbocycles. The van der Waals surface area contributed by atoms with Crippen LogP contribution in [0.5, 0.6) is 0 Å². The summed E-state index contributed by atoms with van der Waals surface area (Å²) in [6.45, 7) is 10.0. The van der Waals surface area contributed by atoms with E-state index in [-0.39, 0.29) is 35.0 Å². The second-order valence-electron chi connectivity index (χ2n) is 9.53. The lowest BCUT2D eigenvalue weighted by molar-refractivity contribution is -0.152. The lowest BCUT2D eigenvalue weighted by atomic mass is 9.81. The van der Waals surface area contributed by atoms with Gasteiger partial charge < -0.3 is 10.1 Å². The van der Waals surface area contributed by atoms with E-state index in [2.05, 4.69) is 15.3 Å². The van der Waals surface area contributed by atoms with Crippen molar-refractivity contribution < 1.29 is 14.3 Å². The van der Waals surface area contributed by atoms with E-state index in [1.165, 1.54) is 4.57 Å². The van der Waals surface area contributed by atoms with Crippen LogP contribution in [-0.4, -0.2) is 38.6 Å². The van der Waals surface area contributed by atoms with E-state index in [4.69, 9.17) is 4.74 Å². The van der Waals surface area contributed by atoms with Crippen LogP contribution in [0.3, 0.4) is 0 Å². The molecule has 1 saturated carbocycles. The number of rotatable bonds is 7. The fourth-order valence-corrected chi connectivity index (χ4v) is 4.39. The summed E-state index contributed by atoms with van der Waals surface area (Å²) < 4.78 is 6.70. The van der Waals surface area contributed by atoms with Crippen molar-refractivity contribution in [3.05, 3.63) is 38.2 Å². The Kier molecular flexibility index (Phi) is 7.39. The lowest BCUT2D eigenvalue weighted by Crippen LogP contribution is -2.56. The maximum atomic E-state index is 13.6. The van der Waals surface area contributed by atoms with Crippen molar-refractivity contribution in [2.24, 2.45) is 5.92 Å². The molecule has 0 aromatic carbocycles. The molecule has 180 valence electrons. The summed E-state index contributed by atoms with van der Waals surface area (Å²) in [5, 5.41) is 2.96. The number of nitrogens with zero attached hydrogens (tertiary/aromatic N) is 2. The van der Waals surface area contributed by atoms with E-state index in [0.29, 0.717) is 25.1 Å². The van der Waals surface area contributed by atoms with E-state index in [1.807, 2.05) is 27.7 Å². The highest BCUT2D eigenvalue weighted by Gasteiger charge is 2.42. The average Bonchev–Trinajstić information content (AvgIpc) is 2.76. The molecule has 1 aliphatic rings. The highest BCUT2D eigenvalue weighted by molar-refractivity contribution is 6.07. The summed E-state index contributed by atoms with van der Waals surface area (Å²) in [5.41, 5.74) is -1.48. The van der Waals surface area contributed by atoms with Gasteiger partial charge in [0, 0.05) is 12.2 Å². The largest absolute Gasteiger partial charge is 0.464 e. The number of aromatic nitrogens is 3. The van der Waals surface area contributed by atoms with Gasteiger partial charge in [-0.1, -0.05) is 47.0 Å². The smallest absolute Gasteiger partial charge is 0.331 e. The zero-order valence-electron chi connectivity index (χ0n) is 20.1. The number of fused-ring (bicyclic) bond motifs is 1. The minimum absolute atomic E-state index is 0.0449. The number of carbonyl (C=O) groups is 2. The third kappa shape index (κ3) is 5.02. The van der Waals surface area contributed by atoms with Gasteiger partial charge in [0.1, 0.15) is 5.54 Å². The number of pyridine rings is 1. The Bertz CT molecular complexity index is 1160. The van der Waals surface area contributed by atoms with Crippen molar-refractivity contribution >= 4 is 22.9 Å². The first-order chi connectivity index (χ1) is 15.6. The standard InChI is InChI=1S/C24H34N4O5/c1-6-33-22(31)24(10-8-7-9-11-24)27-20(29)16-12-17(15(4)5)25-19-18(16)21(30)26-23(32)28(19)13-14(2)3/h12,14-15H,6-11,13H2,1-5H3,(H,27,29)(H,26,30,32). The van der Waals surface area contributed by atoms with Crippen LogP contribution >= 0.6 is 0 Å². The molecule has 0 unspecified atom stereocenters. The first kappa shape index (κ1) is 24.7. The molecule has 0 aliphatic heterocycles. The van der Waals surface area contributed by atoms with Gasteiger partial charge in [0.15, 0.2) is 5.65 Å². The number of aromatic amines is 1. The quantitative estimate of drug-likeness (QED) is 0.615. The molecule has 2 heterocycles. The van der Waals surface area contributed by atoms with Crippen molar-refractivity contribution in [3.63, 3.8) is 0 Å². The van der Waals surface area contributed by atoms with Crippen LogP contribution in [0.2, 0.25) is 0 Å². The Balaban J connectivity index is 2.20. The molecule has 0 bridgehead atoms. The van der Waals surface area contributed by atoms with Gasteiger partial charge in [-0.3, -0.25) is 19.1 Å². The summed E-state index contributed by atoms with van der Waals surface area (Å²) in [6.07, 6.45) is 3.52. The molecular formula is C24H34N4O5. The summed E-state index contributed by atoms with van der Waals surface area (Å²) in [7, 11) is 0. The Hall–Kier alpha value is -2.97. The van der Waals surface area contributed by atoms with Gasteiger partial charge in [0.2, 0.25) is 0 Å². The molecule has 3 rings (SSSR count). The molecule has 0 spiro atoms. The molecule has 9 heteroatoms. The number of amides is 1. The minimum Gasteiger partial charge on any atom is -0.464 e. The normalized spacial score (nSPS) is 15.7. The van der Waals surface area contributed by atoms with E-state index in [1.54, 1.807) is 13.0 Å². The second kappa shape index (κ2) is 9.89. The number of nitrogens with one attached hydrogen (secondary N) is 2. The van der Waals surface area contributed by atoms with Crippen LogP contribution in [0.4, 0.5) is 0 Å². The number of ether oxygens (including phenoxy) is 1. The van der Waals surface area contributed by atoms with Crippen LogP contribution in [0, 0.1) is 5.92 Å². The molecular weight excluding hydrogens is 424 g/mol. The van der Waals surface area contributed by atoms with Crippen molar-refractivity contribution in [1.82, 2.24) is 19.9 Å². The molecule has 1 amide bonds. The van der Waals surface area contributed by atoms with Gasteiger partial charge in [-0.05, 0) is 37.7 Å². The van der Waals surface area contributed by atoms with Gasteiger partial charge in [-0.25, -0.2) is 14.6 Å². The number of hydrogen-bond acceptors (Lipinski definition) is 6. The maximum Gasteiger partial charge on any atom is 0.331 e. The van der Waals surface area contributed by atoms with Crippen molar-refractivity contribution in [2.75, 3.05) is 6.61 Å². The number of carbonyl (C=O) groups excluding carboxylic acids is 2. The fourth-order valence-electron chi connectivity index (χ4n) is 4.39. The first-order valence-electron chi connectivity index (χ1n) is 11.8. The molecule has 0 atom stereocenters. The summed E-state index contributed by atoms with van der Waals surface area (Å²) in [5.74, 6) is -0.921. The third-order valence-electron chi connectivity index (χ3n) is 6.08. The molecule has 0 radical (unpaired) electrons. The Labute approximate surface area is 192 Å². The number of esters is 1. The van der Waals surface area contributed by atoms with E-state index >= 15 is 0 Å². The van der Waals surface area contributed by atoms with Gasteiger partial charge in [-0.15, -0.1) is 0 Å². The number of hydrogen-bond donors (Lipinski definition) is 2. The van der Waals surface area contributed by atoms with Gasteiger partial charge in [0.25, 0.3) is 11.5 Å². The molecule has 2 aromatic rings. The molecule has 1 fully saturated rings. The molecule has 2 aromatic heterocycles. The van der Waals surface area contributed by atoms with Gasteiger partial charge >= 0.3 is 11.7 Å². The zero-order chi connectivity index (χ0) is 24.3. The Morgan fingerprint density at radius 1 is 1.18 bits per heavy atom. The highest BCUT2D eigenvalue weighted by atomic mass is 16.5. The minimum atomic E-state index is -1.13. The van der Waals surface area contributed by atoms with E-state index in [0.717, 1.165) is 19.3 Å². The predicted octanol–water partition coefficient (Wildman–Crippen LogP) is 2.86. The summed E-state index contributed by atoms with van der Waals surface area (Å²) >= 11 is 0. The molecule has 2 N–H and O–H groups in total. The van der Waals surface area contributed by atoms with Gasteiger partial charge in [-0.2, -0.15) is 0 Å². The van der Waals surface area contributed by atoms with Crippen LogP contribution in [0.15, 0.2) is 15.7 Å². The van der Waals surface area contributed by atoms with Crippen LogP contribution in [0.25, 0.3) is 11.0 Å². The van der Waals surface area contributed by atoms with Gasteiger partial charge in [0.05, 0.1) is 17.6 Å². The fraction of sp³-hybridized carbons (Fsp3) is 0.625. The zero-order valence-corrected chi connectivity index (χ0v) is 20.1. The first-order valence-corrected chi connectivity index (χ1v) is 11.8. The second-order valence-corrected chi connectivity index (χ2v) is 9.53. The van der Waals surface area contributed by atoms with Crippen molar-refractivity contribution in [3.8, 4) is 0 Å². The Morgan fingerprint density at radius 3 is 2.42 bits per heavy atom. The van der Waals surface area contributed by atoms with Crippen LogP contribution in [-0.2, 0) is 16.1 Å². The highest BCUT2D eigenvalue weighted by Crippen LogP contribution is 2.30. The topological polar surface area (TPSA) is 123 Å². The van der Waals surface area contributed by atoms with E-state index in [9.17, 15) is 19.2 Å². The van der Waals surface area contributed by atoms with Crippen molar-refractivity contribution in [2.45, 2.75) is 84.7 Å². The average molecular weight is 459 g/mol. The monoisotopic (exact) mass is 458 g/mol. The number of H-pyrrole nitrogens is 1. The van der Waals surface area contributed by atoms with Crippen molar-refractivity contribution in [1.29, 1.82) is 0 Å². The predicted molar refractivity (Wildman–Crippen MR) is 125 cm³/mol. The SMILES string of the molecule is CCOC(=O)C1(NC(=O)c2cc(C(C)C)nc3c2c(=O)[nH]c(=O)n3CC(C)C)CCCCC1. The molecule has 33 heavy (non-hydrogen) atoms. The lowest BCUT2D eigenvalue weighted by Gasteiger charge is -2.35. The molecule has 9 nitrogen and oxygen atoms in total. The summed E-state index contributed by atoms with van der Waals surface area (Å²) in [4.78, 5) is 58.8. The maximum absolute atomic E-state index is 13.6. The third-order valence-corrected chi connectivity index (χ3v) is 6.08. The Morgan fingerprint density at radius 2 is 1.85 bits per heavy atom. The van der Waals surface area contributed by atoms with Crippen LogP contribution < -0.4 is 16.6 Å².